The molecule has 11 heavy (non-hydrogen) atoms. The highest BCUT2D eigenvalue weighted by molar-refractivity contribution is 5.53. The van der Waals surface area contributed by atoms with Crippen LogP contribution in [0.25, 0.3) is 6.08 Å². The fourth-order valence-corrected chi connectivity index (χ4v) is 0.762. The highest BCUT2D eigenvalue weighted by Gasteiger charge is 1.87. The van der Waals surface area contributed by atoms with Gasteiger partial charge in [0.25, 0.3) is 0 Å². The Hall–Kier alpha value is -1.75. The van der Waals surface area contributed by atoms with E-state index >= 15 is 0 Å². The fourth-order valence-electron chi connectivity index (χ4n) is 0.762. The fraction of sp³-hybridized carbons (Fsp3) is 0. The zero-order valence-electron chi connectivity index (χ0n) is 5.86. The summed E-state index contributed by atoms with van der Waals surface area (Å²) in [6.45, 7) is 0. The van der Waals surface area contributed by atoms with Crippen molar-refractivity contribution in [2.45, 2.75) is 0 Å². The largest absolute Gasteiger partial charge is 0.508 e. The lowest BCUT2D eigenvalue weighted by molar-refractivity contribution is 0.475. The monoisotopic (exact) mass is 145 g/mol. The molecule has 1 aromatic rings. The van der Waals surface area contributed by atoms with Crippen molar-refractivity contribution in [3.63, 3.8) is 0 Å². The zero-order valence-corrected chi connectivity index (χ0v) is 5.86. The Kier molecular flexibility index (Phi) is 2.29. The molecule has 0 fully saturated rings. The second-order valence-electron chi connectivity index (χ2n) is 2.06. The van der Waals surface area contributed by atoms with Crippen molar-refractivity contribution in [1.82, 2.24) is 0 Å². The molecule has 0 atom stereocenters. The summed E-state index contributed by atoms with van der Waals surface area (Å²) in [5, 5.41) is 17.2. The molecule has 0 bridgehead atoms. The number of rotatable bonds is 1. The van der Waals surface area contributed by atoms with Gasteiger partial charge in [-0.1, -0.05) is 12.1 Å². The minimum absolute atomic E-state index is 0.213. The first kappa shape index (κ1) is 7.36. The molecule has 2 nitrogen and oxygen atoms in total. The number of hydrogen-bond acceptors (Lipinski definition) is 2. The van der Waals surface area contributed by atoms with Gasteiger partial charge in [0.1, 0.15) is 5.75 Å². The number of aromatic hydroxyl groups is 1. The van der Waals surface area contributed by atoms with E-state index in [-0.39, 0.29) is 5.75 Å². The Balaban J connectivity index is 2.90. The molecule has 2 heteroatoms. The molecule has 1 N–H and O–H groups in total. The van der Waals surface area contributed by atoms with E-state index in [0.717, 1.165) is 5.56 Å². The number of benzene rings is 1. The van der Waals surface area contributed by atoms with E-state index in [9.17, 15) is 0 Å². The van der Waals surface area contributed by atoms with Crippen LogP contribution in [0.2, 0.25) is 0 Å². The molecule has 0 aliphatic heterocycles. The van der Waals surface area contributed by atoms with E-state index in [1.165, 1.54) is 6.08 Å². The van der Waals surface area contributed by atoms with Gasteiger partial charge in [-0.05, 0) is 23.8 Å². The number of nitrogens with zero attached hydrogens (tertiary/aromatic N) is 1. The minimum atomic E-state index is 0.213. The molecule has 0 aliphatic rings. The molecule has 0 aliphatic carbocycles. The molecule has 54 valence electrons. The maximum absolute atomic E-state index is 9.00. The average Bonchev–Trinajstić information content (AvgIpc) is 2.01. The van der Waals surface area contributed by atoms with Crippen LogP contribution in [0.5, 0.6) is 5.75 Å². The molecular weight excluding hydrogens is 138 g/mol. The van der Waals surface area contributed by atoms with Gasteiger partial charge in [-0.25, -0.2) is 0 Å². The third kappa shape index (κ3) is 2.15. The zero-order chi connectivity index (χ0) is 8.10. The molecule has 0 radical (unpaired) electrons. The van der Waals surface area contributed by atoms with Gasteiger partial charge >= 0.3 is 0 Å². The minimum Gasteiger partial charge on any atom is -0.508 e. The van der Waals surface area contributed by atoms with Crippen molar-refractivity contribution in [1.29, 1.82) is 5.26 Å². The lowest BCUT2D eigenvalue weighted by atomic mass is 10.2. The van der Waals surface area contributed by atoms with Crippen LogP contribution < -0.4 is 0 Å². The summed E-state index contributed by atoms with van der Waals surface area (Å²) < 4.78 is 0. The summed E-state index contributed by atoms with van der Waals surface area (Å²) in [7, 11) is 0. The Bertz CT molecular complexity index is 310. The van der Waals surface area contributed by atoms with Gasteiger partial charge in [0.05, 0.1) is 6.07 Å². The summed E-state index contributed by atoms with van der Waals surface area (Å²) >= 11 is 0. The van der Waals surface area contributed by atoms with Crippen molar-refractivity contribution in [3.05, 3.63) is 35.9 Å². The summed E-state index contributed by atoms with van der Waals surface area (Å²) in [5.41, 5.74) is 0.826. The van der Waals surface area contributed by atoms with Crippen molar-refractivity contribution in [2.24, 2.45) is 0 Å². The topological polar surface area (TPSA) is 44.0 Å². The normalized spacial score (nSPS) is 9.73. The van der Waals surface area contributed by atoms with Gasteiger partial charge in [-0.3, -0.25) is 0 Å². The van der Waals surface area contributed by atoms with Crippen LogP contribution in [0.3, 0.4) is 0 Å². The highest BCUT2D eigenvalue weighted by atomic mass is 16.3. The second kappa shape index (κ2) is 3.43. The summed E-state index contributed by atoms with van der Waals surface area (Å²) in [4.78, 5) is 0. The van der Waals surface area contributed by atoms with E-state index in [4.69, 9.17) is 10.4 Å². The van der Waals surface area contributed by atoms with Crippen LogP contribution in [-0.2, 0) is 0 Å². The first-order valence-electron chi connectivity index (χ1n) is 3.18. The molecule has 1 rings (SSSR count). The number of phenols is 1. The Morgan fingerprint density at radius 1 is 1.45 bits per heavy atom. The molecular formula is C9H7NO. The summed E-state index contributed by atoms with van der Waals surface area (Å²) in [5.74, 6) is 0.213. The first-order chi connectivity index (χ1) is 5.33. The number of phenolic OH excluding ortho intramolecular Hbond substituents is 1. The molecule has 0 aromatic heterocycles. The van der Waals surface area contributed by atoms with Crippen molar-refractivity contribution in [2.75, 3.05) is 0 Å². The Morgan fingerprint density at radius 2 is 2.27 bits per heavy atom. The SMILES string of the molecule is N#CC=Cc1cccc(O)c1. The second-order valence-corrected chi connectivity index (χ2v) is 2.06. The number of nitriles is 1. The Labute approximate surface area is 65.0 Å². The molecule has 0 heterocycles. The van der Waals surface area contributed by atoms with Crippen LogP contribution in [-0.4, -0.2) is 5.11 Å². The molecule has 0 unspecified atom stereocenters. The standard InChI is InChI=1S/C9H7NO/c10-6-2-4-8-3-1-5-9(11)7-8/h1-5,7,11H. The Morgan fingerprint density at radius 3 is 2.91 bits per heavy atom. The number of hydrogen-bond donors (Lipinski definition) is 1. The summed E-state index contributed by atoms with van der Waals surface area (Å²) in [6, 6.07) is 8.59. The van der Waals surface area contributed by atoms with Crippen molar-refractivity contribution < 1.29 is 5.11 Å². The van der Waals surface area contributed by atoms with E-state index in [2.05, 4.69) is 0 Å². The van der Waals surface area contributed by atoms with E-state index in [0.29, 0.717) is 0 Å². The van der Waals surface area contributed by atoms with Gasteiger partial charge in [-0.2, -0.15) is 5.26 Å². The number of allylic oxidation sites excluding steroid dienone is 1. The van der Waals surface area contributed by atoms with Crippen LogP contribution in [0.15, 0.2) is 30.3 Å². The summed E-state index contributed by atoms with van der Waals surface area (Å²) in [6.07, 6.45) is 3.01. The van der Waals surface area contributed by atoms with Gasteiger partial charge < -0.3 is 5.11 Å². The smallest absolute Gasteiger partial charge is 0.116 e. The van der Waals surface area contributed by atoms with Crippen LogP contribution >= 0.6 is 0 Å². The van der Waals surface area contributed by atoms with Crippen LogP contribution in [0, 0.1) is 11.3 Å². The maximum Gasteiger partial charge on any atom is 0.116 e. The molecule has 0 saturated carbocycles. The molecule has 1 aromatic carbocycles. The van der Waals surface area contributed by atoms with Crippen LogP contribution in [0.4, 0.5) is 0 Å². The van der Waals surface area contributed by atoms with Crippen molar-refractivity contribution >= 4 is 6.08 Å². The van der Waals surface area contributed by atoms with E-state index < -0.39 is 0 Å². The average molecular weight is 145 g/mol. The maximum atomic E-state index is 9.00. The van der Waals surface area contributed by atoms with Gasteiger partial charge in [0.15, 0.2) is 0 Å². The molecule has 0 spiro atoms. The lowest BCUT2D eigenvalue weighted by Gasteiger charge is -1.91. The molecule has 0 amide bonds. The molecule has 0 saturated heterocycles. The van der Waals surface area contributed by atoms with Gasteiger partial charge in [0.2, 0.25) is 0 Å². The quantitative estimate of drug-likeness (QED) is 0.613. The predicted octanol–water partition coefficient (Wildman–Crippen LogP) is 1.93. The van der Waals surface area contributed by atoms with E-state index in [1.54, 1.807) is 24.3 Å². The van der Waals surface area contributed by atoms with Crippen LogP contribution in [0.1, 0.15) is 5.56 Å². The highest BCUT2D eigenvalue weighted by Crippen LogP contribution is 2.11. The lowest BCUT2D eigenvalue weighted by Crippen LogP contribution is -1.69. The predicted molar refractivity (Wildman–Crippen MR) is 42.8 cm³/mol. The third-order valence-electron chi connectivity index (χ3n) is 1.22. The van der Waals surface area contributed by atoms with Crippen molar-refractivity contribution in [3.8, 4) is 11.8 Å². The van der Waals surface area contributed by atoms with E-state index in [1.807, 2.05) is 12.1 Å². The third-order valence-corrected chi connectivity index (χ3v) is 1.22. The van der Waals surface area contributed by atoms with Gasteiger partial charge in [-0.15, -0.1) is 0 Å². The first-order valence-corrected chi connectivity index (χ1v) is 3.18. The van der Waals surface area contributed by atoms with Gasteiger partial charge in [0, 0.05) is 6.08 Å².